The van der Waals surface area contributed by atoms with E-state index in [1.165, 1.54) is 12.0 Å². The quantitative estimate of drug-likeness (QED) is 0.622. The van der Waals surface area contributed by atoms with Crippen molar-refractivity contribution in [3.63, 3.8) is 0 Å². The van der Waals surface area contributed by atoms with Gasteiger partial charge in [-0.15, -0.1) is 0 Å². The molecule has 1 aromatic carbocycles. The van der Waals surface area contributed by atoms with Crippen LogP contribution >= 0.6 is 0 Å². The molecule has 0 saturated carbocycles. The average molecular weight is 406 g/mol. The molecule has 2 aromatic heterocycles. The minimum Gasteiger partial charge on any atom is -0.340 e. The highest BCUT2D eigenvalue weighted by atomic mass is 16.2. The van der Waals surface area contributed by atoms with Crippen LogP contribution in [0.2, 0.25) is 0 Å². The first-order chi connectivity index (χ1) is 14.5. The number of hydrogen-bond donors (Lipinski definition) is 0. The van der Waals surface area contributed by atoms with Crippen LogP contribution in [0.15, 0.2) is 30.3 Å². The highest BCUT2D eigenvalue weighted by molar-refractivity contribution is 5.77. The fourth-order valence-electron chi connectivity index (χ4n) is 4.65. The molecule has 6 heteroatoms. The monoisotopic (exact) mass is 405 g/mol. The van der Waals surface area contributed by atoms with Gasteiger partial charge in [0.2, 0.25) is 5.91 Å². The Hall–Kier alpha value is -2.76. The molecule has 0 bridgehead atoms. The number of carbonyl (C=O) groups is 1. The molecule has 0 aliphatic carbocycles. The Morgan fingerprint density at radius 1 is 1.07 bits per heavy atom. The molecule has 30 heavy (non-hydrogen) atoms. The number of fused-ring (bicyclic) bond motifs is 1. The van der Waals surface area contributed by atoms with Crippen molar-refractivity contribution >= 4 is 11.7 Å². The summed E-state index contributed by atoms with van der Waals surface area (Å²) in [5, 5.41) is 4.44. The first kappa shape index (κ1) is 20.5. The minimum atomic E-state index is 0.265. The Labute approximate surface area is 178 Å². The topological polar surface area (TPSA) is 63.4 Å². The maximum atomic E-state index is 13.2. The van der Waals surface area contributed by atoms with E-state index < -0.39 is 0 Å². The van der Waals surface area contributed by atoms with Crippen molar-refractivity contribution in [1.82, 2.24) is 24.5 Å². The van der Waals surface area contributed by atoms with Crippen LogP contribution < -0.4 is 0 Å². The van der Waals surface area contributed by atoms with Gasteiger partial charge in [0.15, 0.2) is 0 Å². The molecule has 0 N–H and O–H groups in total. The van der Waals surface area contributed by atoms with Crippen LogP contribution in [0.4, 0.5) is 0 Å². The van der Waals surface area contributed by atoms with Crippen LogP contribution in [-0.2, 0) is 17.6 Å². The van der Waals surface area contributed by atoms with Gasteiger partial charge in [-0.3, -0.25) is 4.79 Å². The molecule has 6 nitrogen and oxygen atoms in total. The minimum absolute atomic E-state index is 0.265. The first-order valence-corrected chi connectivity index (χ1v) is 11.1. The Balaban J connectivity index is 1.42. The summed E-state index contributed by atoms with van der Waals surface area (Å²) in [4.78, 5) is 24.3. The molecule has 4 rings (SSSR count). The molecule has 0 radical (unpaired) electrons. The number of aromatic nitrogens is 4. The average Bonchev–Trinajstić information content (AvgIpc) is 3.13. The van der Waals surface area contributed by atoms with E-state index in [1.807, 2.05) is 20.8 Å². The second kappa shape index (κ2) is 8.94. The third kappa shape index (κ3) is 4.37. The van der Waals surface area contributed by atoms with Gasteiger partial charge < -0.3 is 4.90 Å². The molecule has 3 aromatic rings. The van der Waals surface area contributed by atoms with E-state index >= 15 is 0 Å². The van der Waals surface area contributed by atoms with E-state index in [2.05, 4.69) is 50.3 Å². The summed E-state index contributed by atoms with van der Waals surface area (Å²) >= 11 is 0. The van der Waals surface area contributed by atoms with Gasteiger partial charge in [-0.05, 0) is 70.4 Å². The van der Waals surface area contributed by atoms with E-state index in [0.717, 1.165) is 49.2 Å². The van der Waals surface area contributed by atoms with Gasteiger partial charge in [0.1, 0.15) is 5.82 Å². The second-order valence-corrected chi connectivity index (χ2v) is 8.39. The van der Waals surface area contributed by atoms with Gasteiger partial charge in [-0.2, -0.15) is 10.1 Å². The van der Waals surface area contributed by atoms with E-state index in [4.69, 9.17) is 0 Å². The van der Waals surface area contributed by atoms with Crippen molar-refractivity contribution in [2.75, 3.05) is 6.54 Å². The van der Waals surface area contributed by atoms with Crippen LogP contribution in [0.25, 0.3) is 5.78 Å². The van der Waals surface area contributed by atoms with Gasteiger partial charge in [-0.25, -0.2) is 9.50 Å². The molecule has 1 saturated heterocycles. The lowest BCUT2D eigenvalue weighted by molar-refractivity contribution is -0.135. The molecule has 1 unspecified atom stereocenters. The first-order valence-electron chi connectivity index (χ1n) is 11.1. The summed E-state index contributed by atoms with van der Waals surface area (Å²) in [7, 11) is 0. The predicted octanol–water partition coefficient (Wildman–Crippen LogP) is 4.00. The van der Waals surface area contributed by atoms with Crippen molar-refractivity contribution in [2.24, 2.45) is 0 Å². The van der Waals surface area contributed by atoms with Crippen LogP contribution in [0, 0.1) is 20.8 Å². The fourth-order valence-corrected chi connectivity index (χ4v) is 4.65. The highest BCUT2D eigenvalue weighted by Crippen LogP contribution is 2.23. The third-order valence-corrected chi connectivity index (χ3v) is 6.30. The number of hydrogen-bond acceptors (Lipinski definition) is 4. The van der Waals surface area contributed by atoms with Crippen LogP contribution in [0.1, 0.15) is 60.4 Å². The normalized spacial score (nSPS) is 16.9. The summed E-state index contributed by atoms with van der Waals surface area (Å²) in [6, 6.07) is 10.9. The number of rotatable bonds is 6. The number of likely N-dealkylation sites (tertiary alicyclic amines) is 1. The van der Waals surface area contributed by atoms with E-state index in [9.17, 15) is 4.79 Å². The van der Waals surface area contributed by atoms with Crippen molar-refractivity contribution in [1.29, 1.82) is 0 Å². The highest BCUT2D eigenvalue weighted by Gasteiger charge is 2.26. The Morgan fingerprint density at radius 2 is 1.87 bits per heavy atom. The van der Waals surface area contributed by atoms with Gasteiger partial charge in [0, 0.05) is 30.4 Å². The zero-order chi connectivity index (χ0) is 21.1. The molecular formula is C24H31N5O. The number of amides is 1. The number of benzene rings is 1. The maximum absolute atomic E-state index is 13.2. The van der Waals surface area contributed by atoms with Gasteiger partial charge in [-0.1, -0.05) is 30.3 Å². The van der Waals surface area contributed by atoms with Gasteiger partial charge in [0.25, 0.3) is 5.78 Å². The summed E-state index contributed by atoms with van der Waals surface area (Å²) in [6.45, 7) is 6.80. The smallest absolute Gasteiger partial charge is 0.252 e. The molecule has 158 valence electrons. The number of aryl methyl sites for hydroxylation is 4. The SMILES string of the molecule is Cc1nc2nc(C)c(CCC(=O)N3CCCCC3CCc3ccccc3)c(C)n2n1. The largest absolute Gasteiger partial charge is 0.340 e. The zero-order valence-electron chi connectivity index (χ0n) is 18.3. The van der Waals surface area contributed by atoms with E-state index in [0.29, 0.717) is 30.5 Å². The van der Waals surface area contributed by atoms with E-state index in [1.54, 1.807) is 4.52 Å². The molecule has 1 atom stereocenters. The Morgan fingerprint density at radius 3 is 2.67 bits per heavy atom. The molecule has 0 spiro atoms. The van der Waals surface area contributed by atoms with Crippen LogP contribution in [-0.4, -0.2) is 43.0 Å². The Bertz CT molecular complexity index is 1030. The Kier molecular flexibility index (Phi) is 6.11. The van der Waals surface area contributed by atoms with Gasteiger partial charge >= 0.3 is 0 Å². The van der Waals surface area contributed by atoms with Crippen molar-refractivity contribution in [3.8, 4) is 0 Å². The lowest BCUT2D eigenvalue weighted by Crippen LogP contribution is -2.44. The maximum Gasteiger partial charge on any atom is 0.252 e. The number of nitrogens with zero attached hydrogens (tertiary/aromatic N) is 5. The number of carbonyl (C=O) groups excluding carboxylic acids is 1. The predicted molar refractivity (Wildman–Crippen MR) is 117 cm³/mol. The zero-order valence-corrected chi connectivity index (χ0v) is 18.3. The molecule has 1 amide bonds. The summed E-state index contributed by atoms with van der Waals surface area (Å²) in [6.07, 6.45) is 6.72. The van der Waals surface area contributed by atoms with Crippen LogP contribution in [0.3, 0.4) is 0 Å². The van der Waals surface area contributed by atoms with E-state index in [-0.39, 0.29) is 5.91 Å². The lowest BCUT2D eigenvalue weighted by Gasteiger charge is -2.36. The lowest BCUT2D eigenvalue weighted by atomic mass is 9.95. The molecule has 1 fully saturated rings. The van der Waals surface area contributed by atoms with Crippen molar-refractivity contribution in [2.45, 2.75) is 71.8 Å². The van der Waals surface area contributed by atoms with Gasteiger partial charge in [0.05, 0.1) is 0 Å². The molecule has 1 aliphatic rings. The third-order valence-electron chi connectivity index (χ3n) is 6.30. The molecule has 3 heterocycles. The number of piperidine rings is 1. The summed E-state index contributed by atoms with van der Waals surface area (Å²) in [5.74, 6) is 1.61. The van der Waals surface area contributed by atoms with Crippen LogP contribution in [0.5, 0.6) is 0 Å². The molecule has 1 aliphatic heterocycles. The summed E-state index contributed by atoms with van der Waals surface area (Å²) < 4.78 is 1.80. The van der Waals surface area contributed by atoms with Crippen molar-refractivity contribution < 1.29 is 4.79 Å². The molecular weight excluding hydrogens is 374 g/mol. The summed E-state index contributed by atoms with van der Waals surface area (Å²) in [5.41, 5.74) is 4.44. The second-order valence-electron chi connectivity index (χ2n) is 8.39. The fraction of sp³-hybridized carbons (Fsp3) is 0.500. The standard InChI is InChI=1S/C24H31N5O/c1-17-22(18(2)29-24(25-17)26-19(3)27-29)14-15-23(30)28-16-8-7-11-21(28)13-12-20-9-5-4-6-10-20/h4-6,9-10,21H,7-8,11-16H2,1-3H3. The van der Waals surface area contributed by atoms with Crippen molar-refractivity contribution in [3.05, 3.63) is 58.7 Å².